The van der Waals surface area contributed by atoms with E-state index in [0.29, 0.717) is 49.0 Å². The fraction of sp³-hybridized carbons (Fsp3) is 0.423. The fourth-order valence-electron chi connectivity index (χ4n) is 4.44. The Morgan fingerprint density at radius 3 is 2.89 bits per heavy atom. The van der Waals surface area contributed by atoms with Gasteiger partial charge in [0.05, 0.1) is 12.2 Å². The van der Waals surface area contributed by atoms with E-state index >= 15 is 0 Å². The first-order valence-corrected chi connectivity index (χ1v) is 11.9. The van der Waals surface area contributed by atoms with E-state index in [1.807, 2.05) is 19.1 Å². The number of nitriles is 1. The van der Waals surface area contributed by atoms with Crippen LogP contribution in [0.15, 0.2) is 35.0 Å². The summed E-state index contributed by atoms with van der Waals surface area (Å²) in [6, 6.07) is 9.78. The maximum atomic E-state index is 11.7. The van der Waals surface area contributed by atoms with Gasteiger partial charge in [0.15, 0.2) is 0 Å². The summed E-state index contributed by atoms with van der Waals surface area (Å²) in [5, 5.41) is 23.2. The molecule has 3 aromatic rings. The molecule has 0 saturated carbocycles. The van der Waals surface area contributed by atoms with Crippen molar-refractivity contribution in [1.82, 2.24) is 20.0 Å². The maximum Gasteiger partial charge on any atom is 0.407 e. The van der Waals surface area contributed by atoms with Gasteiger partial charge in [0.25, 0.3) is 5.89 Å². The van der Waals surface area contributed by atoms with E-state index in [-0.39, 0.29) is 17.7 Å². The van der Waals surface area contributed by atoms with Crippen LogP contribution in [0.2, 0.25) is 0 Å². The summed E-state index contributed by atoms with van der Waals surface area (Å²) in [5.74, 6) is 1.56. The van der Waals surface area contributed by atoms with Crippen molar-refractivity contribution in [3.63, 3.8) is 0 Å². The second kappa shape index (κ2) is 10.6. The van der Waals surface area contributed by atoms with Crippen LogP contribution in [-0.2, 0) is 6.42 Å². The van der Waals surface area contributed by atoms with Crippen LogP contribution in [0.3, 0.4) is 0 Å². The van der Waals surface area contributed by atoms with E-state index in [0.717, 1.165) is 24.0 Å². The lowest BCUT2D eigenvalue weighted by atomic mass is 9.86. The minimum absolute atomic E-state index is 0.141. The number of hydrogen-bond acceptors (Lipinski definition) is 7. The molecule has 1 aliphatic heterocycles. The van der Waals surface area contributed by atoms with Gasteiger partial charge in [-0.15, -0.1) is 0 Å². The van der Waals surface area contributed by atoms with Crippen molar-refractivity contribution < 1.29 is 19.2 Å². The molecule has 1 aliphatic rings. The Hall–Kier alpha value is -3.93. The highest BCUT2D eigenvalue weighted by atomic mass is 16.5. The normalized spacial score (nSPS) is 15.4. The molecule has 0 radical (unpaired) electrons. The van der Waals surface area contributed by atoms with Crippen molar-refractivity contribution in [2.45, 2.75) is 46.0 Å². The second-order valence-electron chi connectivity index (χ2n) is 9.18. The molecule has 3 heterocycles. The number of ether oxygens (including phenoxy) is 1. The van der Waals surface area contributed by atoms with Crippen LogP contribution in [0.1, 0.15) is 56.2 Å². The van der Waals surface area contributed by atoms with E-state index in [2.05, 4.69) is 41.1 Å². The summed E-state index contributed by atoms with van der Waals surface area (Å²) in [7, 11) is 0. The first-order chi connectivity index (χ1) is 16.9. The van der Waals surface area contributed by atoms with Gasteiger partial charge in [0.2, 0.25) is 11.7 Å². The lowest BCUT2D eigenvalue weighted by Gasteiger charge is -2.24. The SMILES string of the molecule is CCCOc1ncc(-c2nc(-c3ccc4c(c3)CCN(C(=O)O)CC4CC(C)C)no2)cc1C#N. The van der Waals surface area contributed by atoms with Crippen LogP contribution in [0, 0.1) is 17.2 Å². The van der Waals surface area contributed by atoms with Gasteiger partial charge >= 0.3 is 6.09 Å². The number of rotatable bonds is 7. The number of carboxylic acid groups (broad SMARTS) is 1. The third-order valence-corrected chi connectivity index (χ3v) is 6.05. The molecule has 4 rings (SSSR count). The first-order valence-electron chi connectivity index (χ1n) is 11.9. The molecule has 35 heavy (non-hydrogen) atoms. The maximum absolute atomic E-state index is 11.7. The summed E-state index contributed by atoms with van der Waals surface area (Å²) in [6.07, 6.45) is 3.02. The van der Waals surface area contributed by atoms with Crippen LogP contribution in [0.25, 0.3) is 22.8 Å². The van der Waals surface area contributed by atoms with Crippen LogP contribution in [-0.4, -0.2) is 50.9 Å². The van der Waals surface area contributed by atoms with Gasteiger partial charge in [-0.1, -0.05) is 38.1 Å². The monoisotopic (exact) mass is 475 g/mol. The standard InChI is InChI=1S/C26H29N5O4/c1-4-9-34-24-19(13-27)12-20(14-28-24)25-29-23(30-35-25)18-5-6-22-17(11-18)7-8-31(26(32)33)15-21(22)10-16(2)3/h5-6,11-12,14,16,21H,4,7-10,15H2,1-3H3,(H,32,33). The molecular formula is C26H29N5O4. The largest absolute Gasteiger partial charge is 0.477 e. The third kappa shape index (κ3) is 5.43. The second-order valence-corrected chi connectivity index (χ2v) is 9.18. The van der Waals surface area contributed by atoms with Gasteiger partial charge in [-0.2, -0.15) is 10.2 Å². The molecular weight excluding hydrogens is 446 g/mol. The van der Waals surface area contributed by atoms with Crippen molar-refractivity contribution in [1.29, 1.82) is 5.26 Å². The number of fused-ring (bicyclic) bond motifs is 1. The smallest absolute Gasteiger partial charge is 0.407 e. The number of benzene rings is 1. The lowest BCUT2D eigenvalue weighted by molar-refractivity contribution is 0.142. The molecule has 1 unspecified atom stereocenters. The van der Waals surface area contributed by atoms with E-state index in [1.54, 1.807) is 12.3 Å². The summed E-state index contributed by atoms with van der Waals surface area (Å²) < 4.78 is 11.0. The number of aromatic nitrogens is 3. The highest BCUT2D eigenvalue weighted by molar-refractivity contribution is 5.66. The van der Waals surface area contributed by atoms with Crippen molar-refractivity contribution in [3.8, 4) is 34.8 Å². The topological polar surface area (TPSA) is 125 Å². The molecule has 1 N–H and O–H groups in total. The summed E-state index contributed by atoms with van der Waals surface area (Å²) in [5.41, 5.74) is 3.92. The molecule has 0 fully saturated rings. The molecule has 1 aromatic carbocycles. The molecule has 9 heteroatoms. The highest BCUT2D eigenvalue weighted by Crippen LogP contribution is 2.34. The number of pyridine rings is 1. The average molecular weight is 476 g/mol. The zero-order chi connectivity index (χ0) is 24.9. The van der Waals surface area contributed by atoms with Crippen molar-refractivity contribution in [2.24, 2.45) is 5.92 Å². The van der Waals surface area contributed by atoms with E-state index < -0.39 is 6.09 Å². The molecule has 0 spiro atoms. The van der Waals surface area contributed by atoms with Crippen LogP contribution >= 0.6 is 0 Å². The van der Waals surface area contributed by atoms with Crippen molar-refractivity contribution in [2.75, 3.05) is 19.7 Å². The van der Waals surface area contributed by atoms with Gasteiger partial charge in [-0.05, 0) is 48.4 Å². The Morgan fingerprint density at radius 1 is 1.34 bits per heavy atom. The number of hydrogen-bond donors (Lipinski definition) is 1. The summed E-state index contributed by atoms with van der Waals surface area (Å²) in [4.78, 5) is 22.0. The summed E-state index contributed by atoms with van der Waals surface area (Å²) in [6.45, 7) is 7.72. The zero-order valence-electron chi connectivity index (χ0n) is 20.2. The molecule has 1 amide bonds. The van der Waals surface area contributed by atoms with Crippen LogP contribution in [0.4, 0.5) is 4.79 Å². The van der Waals surface area contributed by atoms with Crippen LogP contribution in [0.5, 0.6) is 5.88 Å². The van der Waals surface area contributed by atoms with Crippen molar-refractivity contribution >= 4 is 6.09 Å². The predicted molar refractivity (Wildman–Crippen MR) is 129 cm³/mol. The average Bonchev–Trinajstić information content (AvgIpc) is 3.27. The predicted octanol–water partition coefficient (Wildman–Crippen LogP) is 5.12. The third-order valence-electron chi connectivity index (χ3n) is 6.05. The Kier molecular flexibility index (Phi) is 7.30. The molecule has 2 aromatic heterocycles. The minimum atomic E-state index is -0.883. The zero-order valence-corrected chi connectivity index (χ0v) is 20.2. The van der Waals surface area contributed by atoms with Crippen LogP contribution < -0.4 is 4.74 Å². The molecule has 182 valence electrons. The van der Waals surface area contributed by atoms with Gasteiger partial charge in [0, 0.05) is 30.8 Å². The Bertz CT molecular complexity index is 1250. The number of carbonyl (C=O) groups is 1. The molecule has 0 saturated heterocycles. The minimum Gasteiger partial charge on any atom is -0.477 e. The van der Waals surface area contributed by atoms with Gasteiger partial charge < -0.3 is 19.3 Å². The summed E-state index contributed by atoms with van der Waals surface area (Å²) >= 11 is 0. The molecule has 1 atom stereocenters. The fourth-order valence-corrected chi connectivity index (χ4v) is 4.44. The molecule has 9 nitrogen and oxygen atoms in total. The quantitative estimate of drug-likeness (QED) is 0.499. The molecule has 0 aliphatic carbocycles. The van der Waals surface area contributed by atoms with Gasteiger partial charge in [-0.25, -0.2) is 9.78 Å². The van der Waals surface area contributed by atoms with E-state index in [9.17, 15) is 15.2 Å². The lowest BCUT2D eigenvalue weighted by Crippen LogP contribution is -2.33. The number of amides is 1. The van der Waals surface area contributed by atoms with E-state index in [1.165, 1.54) is 10.5 Å². The van der Waals surface area contributed by atoms with Gasteiger partial charge in [-0.3, -0.25) is 0 Å². The Labute approximate surface area is 204 Å². The number of nitrogens with zero attached hydrogens (tertiary/aromatic N) is 5. The highest BCUT2D eigenvalue weighted by Gasteiger charge is 2.27. The van der Waals surface area contributed by atoms with Gasteiger partial charge in [0.1, 0.15) is 11.6 Å². The van der Waals surface area contributed by atoms with E-state index in [4.69, 9.17) is 9.26 Å². The first kappa shape index (κ1) is 24.2. The Morgan fingerprint density at radius 2 is 2.17 bits per heavy atom. The molecule has 0 bridgehead atoms. The Balaban J connectivity index is 1.62. The van der Waals surface area contributed by atoms with Crippen molar-refractivity contribution in [3.05, 3.63) is 47.2 Å².